The second kappa shape index (κ2) is 10.1. The number of rotatable bonds is 8. The average Bonchev–Trinajstić information content (AvgIpc) is 3.60. The fourth-order valence-corrected chi connectivity index (χ4v) is 5.30. The van der Waals surface area contributed by atoms with Gasteiger partial charge in [-0.05, 0) is 61.2 Å². The maximum absolute atomic E-state index is 13.4. The summed E-state index contributed by atoms with van der Waals surface area (Å²) in [6.45, 7) is 4.08. The highest BCUT2D eigenvalue weighted by molar-refractivity contribution is 7.15. The van der Waals surface area contributed by atoms with E-state index in [2.05, 4.69) is 16.7 Å². The van der Waals surface area contributed by atoms with Gasteiger partial charge in [0.1, 0.15) is 5.82 Å². The number of carbonyl (C=O) groups is 1. The predicted octanol–water partition coefficient (Wildman–Crippen LogP) is 5.63. The highest BCUT2D eigenvalue weighted by atomic mass is 32.1. The molecular weight excluding hydrogens is 449 g/mol. The Morgan fingerprint density at radius 3 is 2.71 bits per heavy atom. The van der Waals surface area contributed by atoms with E-state index < -0.39 is 0 Å². The first-order chi connectivity index (χ1) is 16.6. The number of halogens is 1. The van der Waals surface area contributed by atoms with Crippen LogP contribution >= 0.6 is 11.3 Å². The number of carbonyl (C=O) groups excluding carboxylic acids is 1. The average molecular weight is 478 g/mol. The van der Waals surface area contributed by atoms with Crippen LogP contribution in [0.4, 0.5) is 4.39 Å². The van der Waals surface area contributed by atoms with Crippen LogP contribution in [0.15, 0.2) is 60.1 Å². The van der Waals surface area contributed by atoms with Crippen LogP contribution in [0.25, 0.3) is 16.2 Å². The maximum Gasteiger partial charge on any atom is 0.253 e. The molecule has 1 amide bonds. The molecule has 1 aliphatic heterocycles. The molecule has 1 aliphatic rings. The van der Waals surface area contributed by atoms with E-state index in [1.54, 1.807) is 23.5 Å². The van der Waals surface area contributed by atoms with Crippen LogP contribution in [-0.4, -0.2) is 46.0 Å². The van der Waals surface area contributed by atoms with Gasteiger partial charge < -0.3 is 9.64 Å². The molecule has 0 aliphatic carbocycles. The van der Waals surface area contributed by atoms with Crippen molar-refractivity contribution < 1.29 is 13.9 Å². The number of aromatic nitrogens is 2. The summed E-state index contributed by atoms with van der Waals surface area (Å²) in [5.41, 5.74) is 4.74. The van der Waals surface area contributed by atoms with Crippen molar-refractivity contribution in [2.45, 2.75) is 38.7 Å². The van der Waals surface area contributed by atoms with Crippen LogP contribution in [0.1, 0.15) is 41.4 Å². The van der Waals surface area contributed by atoms with Crippen molar-refractivity contribution in [3.63, 3.8) is 0 Å². The third-order valence-corrected chi connectivity index (χ3v) is 7.29. The summed E-state index contributed by atoms with van der Waals surface area (Å²) in [6, 6.07) is 14.3. The van der Waals surface area contributed by atoms with E-state index in [-0.39, 0.29) is 17.8 Å². The molecule has 2 aromatic heterocycles. The van der Waals surface area contributed by atoms with Gasteiger partial charge in [0.2, 0.25) is 0 Å². The molecule has 2 aromatic carbocycles. The third kappa shape index (κ3) is 4.91. The summed E-state index contributed by atoms with van der Waals surface area (Å²) >= 11 is 1.58. The van der Waals surface area contributed by atoms with Crippen LogP contribution in [-0.2, 0) is 17.6 Å². The van der Waals surface area contributed by atoms with E-state index in [4.69, 9.17) is 9.72 Å². The van der Waals surface area contributed by atoms with Crippen molar-refractivity contribution in [1.29, 1.82) is 0 Å². The molecule has 0 N–H and O–H groups in total. The molecule has 1 saturated heterocycles. The molecule has 0 spiro atoms. The first-order valence-corrected chi connectivity index (χ1v) is 12.7. The minimum absolute atomic E-state index is 0.0438. The first-order valence-electron chi connectivity index (χ1n) is 11.8. The van der Waals surface area contributed by atoms with Crippen molar-refractivity contribution >= 4 is 22.2 Å². The molecule has 5 nitrogen and oxygen atoms in total. The molecule has 0 radical (unpaired) electrons. The van der Waals surface area contributed by atoms with Gasteiger partial charge in [0.05, 0.1) is 11.8 Å². The number of fused-ring (bicyclic) bond motifs is 1. The Kier molecular flexibility index (Phi) is 6.74. The zero-order valence-corrected chi connectivity index (χ0v) is 20.1. The van der Waals surface area contributed by atoms with E-state index in [1.807, 2.05) is 35.4 Å². The Hall–Kier alpha value is -3.03. The molecule has 4 aromatic rings. The lowest BCUT2D eigenvalue weighted by Crippen LogP contribution is -2.38. The number of hydrogen-bond acceptors (Lipinski definition) is 4. The van der Waals surface area contributed by atoms with Crippen LogP contribution in [0, 0.1) is 5.82 Å². The second-order valence-corrected chi connectivity index (χ2v) is 9.54. The van der Waals surface area contributed by atoms with Crippen LogP contribution in [0.5, 0.6) is 0 Å². The summed E-state index contributed by atoms with van der Waals surface area (Å²) in [6.07, 6.45) is 5.79. The summed E-state index contributed by atoms with van der Waals surface area (Å²) in [4.78, 5) is 20.9. The maximum atomic E-state index is 13.4. The van der Waals surface area contributed by atoms with E-state index in [0.717, 1.165) is 47.8 Å². The Labute approximate surface area is 202 Å². The van der Waals surface area contributed by atoms with Gasteiger partial charge in [0.25, 0.3) is 5.91 Å². The molecule has 0 bridgehead atoms. The van der Waals surface area contributed by atoms with Gasteiger partial charge in [-0.3, -0.25) is 9.20 Å². The van der Waals surface area contributed by atoms with Crippen molar-refractivity contribution in [3.05, 3.63) is 82.7 Å². The highest BCUT2D eigenvalue weighted by Gasteiger charge is 2.24. The van der Waals surface area contributed by atoms with E-state index in [0.29, 0.717) is 25.1 Å². The lowest BCUT2D eigenvalue weighted by atomic mass is 10.1. The minimum Gasteiger partial charge on any atom is -0.376 e. The minimum atomic E-state index is -0.259. The predicted molar refractivity (Wildman–Crippen MR) is 133 cm³/mol. The number of nitrogens with zero attached hydrogens (tertiary/aromatic N) is 3. The topological polar surface area (TPSA) is 46.8 Å². The zero-order valence-electron chi connectivity index (χ0n) is 19.2. The molecule has 176 valence electrons. The fourth-order valence-electron chi connectivity index (χ4n) is 4.39. The van der Waals surface area contributed by atoms with E-state index in [9.17, 15) is 9.18 Å². The Morgan fingerprint density at radius 1 is 1.21 bits per heavy atom. The number of hydrogen-bond donors (Lipinski definition) is 0. The number of imidazole rings is 1. The van der Waals surface area contributed by atoms with Gasteiger partial charge in [0.15, 0.2) is 4.96 Å². The SMILES string of the molecule is CCc1ccc(C(=O)N(CCc2csc3nc(-c4ccc(F)cc4)cn23)CC2CCCO2)cc1. The standard InChI is InChI=1S/C27H28FN3O2S/c1-2-19-5-7-21(8-6-19)26(32)30(16-24-4-3-15-33-24)14-13-23-18-34-27-29-25(17-31(23)27)20-9-11-22(28)12-10-20/h5-12,17-18,24H,2-4,13-16H2,1H3. The number of thiazole rings is 1. The highest BCUT2D eigenvalue weighted by Crippen LogP contribution is 2.25. The largest absolute Gasteiger partial charge is 0.376 e. The van der Waals surface area contributed by atoms with Gasteiger partial charge in [-0.2, -0.15) is 0 Å². The molecule has 1 unspecified atom stereocenters. The summed E-state index contributed by atoms with van der Waals surface area (Å²) in [5, 5.41) is 2.10. The van der Waals surface area contributed by atoms with Gasteiger partial charge in [-0.1, -0.05) is 19.1 Å². The normalized spacial score (nSPS) is 15.8. The molecule has 34 heavy (non-hydrogen) atoms. The smallest absolute Gasteiger partial charge is 0.253 e. The Morgan fingerprint density at radius 2 is 2.00 bits per heavy atom. The van der Waals surface area contributed by atoms with Gasteiger partial charge in [0, 0.05) is 54.5 Å². The van der Waals surface area contributed by atoms with Crippen molar-refractivity contribution in [1.82, 2.24) is 14.3 Å². The second-order valence-electron chi connectivity index (χ2n) is 8.70. The molecular formula is C27H28FN3O2S. The summed E-state index contributed by atoms with van der Waals surface area (Å²) in [5.74, 6) is -0.215. The van der Waals surface area contributed by atoms with E-state index in [1.165, 1.54) is 17.7 Å². The van der Waals surface area contributed by atoms with Gasteiger partial charge in [-0.15, -0.1) is 11.3 Å². The molecule has 0 saturated carbocycles. The number of amides is 1. The number of benzene rings is 2. The van der Waals surface area contributed by atoms with E-state index >= 15 is 0 Å². The summed E-state index contributed by atoms with van der Waals surface area (Å²) < 4.78 is 21.2. The lowest BCUT2D eigenvalue weighted by Gasteiger charge is -2.25. The van der Waals surface area contributed by atoms with Crippen LogP contribution in [0.2, 0.25) is 0 Å². The monoisotopic (exact) mass is 477 g/mol. The van der Waals surface area contributed by atoms with Crippen LogP contribution < -0.4 is 0 Å². The Balaban J connectivity index is 1.34. The third-order valence-electron chi connectivity index (χ3n) is 6.41. The lowest BCUT2D eigenvalue weighted by molar-refractivity contribution is 0.0528. The first kappa shape index (κ1) is 22.7. The van der Waals surface area contributed by atoms with Crippen molar-refractivity contribution in [2.75, 3.05) is 19.7 Å². The molecule has 5 rings (SSSR count). The van der Waals surface area contributed by atoms with Crippen molar-refractivity contribution in [3.8, 4) is 11.3 Å². The number of ether oxygens (including phenoxy) is 1. The van der Waals surface area contributed by atoms with Crippen LogP contribution in [0.3, 0.4) is 0 Å². The number of aryl methyl sites for hydroxylation is 1. The molecule has 3 heterocycles. The molecule has 7 heteroatoms. The zero-order chi connectivity index (χ0) is 23.5. The van der Waals surface area contributed by atoms with Gasteiger partial charge in [-0.25, -0.2) is 9.37 Å². The summed E-state index contributed by atoms with van der Waals surface area (Å²) in [7, 11) is 0. The fraction of sp³-hybridized carbons (Fsp3) is 0.333. The quantitative estimate of drug-likeness (QED) is 0.331. The Bertz CT molecular complexity index is 1260. The molecule has 1 atom stereocenters. The van der Waals surface area contributed by atoms with Gasteiger partial charge >= 0.3 is 0 Å². The molecule has 1 fully saturated rings. The van der Waals surface area contributed by atoms with Crippen molar-refractivity contribution in [2.24, 2.45) is 0 Å².